The number of H-pyrrole nitrogens is 1. The van der Waals surface area contributed by atoms with Crippen molar-refractivity contribution in [1.82, 2.24) is 4.98 Å². The molecule has 3 rings (SSSR count). The topological polar surface area (TPSA) is 53.1 Å². The summed E-state index contributed by atoms with van der Waals surface area (Å²) in [5, 5.41) is 8.94. The minimum absolute atomic E-state index is 0.102. The standard InChI is InChI=1S/C15H9F2NO2/c16-10-5-6-11-14(15(10)17)13(20)7-12(18-11)8-1-3-9(19)4-2-8/h1-7,19H,(H,18,20). The van der Waals surface area contributed by atoms with Crippen molar-refractivity contribution >= 4 is 10.9 Å². The molecule has 0 saturated carbocycles. The summed E-state index contributed by atoms with van der Waals surface area (Å²) in [6.07, 6.45) is 0. The zero-order valence-corrected chi connectivity index (χ0v) is 10.2. The Hall–Kier alpha value is -2.69. The quantitative estimate of drug-likeness (QED) is 0.715. The van der Waals surface area contributed by atoms with Gasteiger partial charge in [0.05, 0.1) is 10.9 Å². The lowest BCUT2D eigenvalue weighted by Gasteiger charge is -2.06. The number of benzene rings is 2. The number of aromatic nitrogens is 1. The van der Waals surface area contributed by atoms with Crippen molar-refractivity contribution in [3.63, 3.8) is 0 Å². The highest BCUT2D eigenvalue weighted by atomic mass is 19.2. The van der Waals surface area contributed by atoms with Gasteiger partial charge in [0.15, 0.2) is 17.1 Å². The molecule has 0 aliphatic heterocycles. The fourth-order valence-electron chi connectivity index (χ4n) is 2.08. The highest BCUT2D eigenvalue weighted by molar-refractivity contribution is 5.82. The van der Waals surface area contributed by atoms with E-state index in [9.17, 15) is 18.7 Å². The number of halogens is 2. The summed E-state index contributed by atoms with van der Waals surface area (Å²) in [5.41, 5.74) is 0.748. The fourth-order valence-corrected chi connectivity index (χ4v) is 2.08. The maximum Gasteiger partial charge on any atom is 0.193 e. The van der Waals surface area contributed by atoms with Crippen molar-refractivity contribution in [2.45, 2.75) is 0 Å². The van der Waals surface area contributed by atoms with Gasteiger partial charge in [-0.2, -0.15) is 0 Å². The molecule has 0 saturated heterocycles. The van der Waals surface area contributed by atoms with E-state index in [1.54, 1.807) is 12.1 Å². The molecule has 0 aliphatic carbocycles. The van der Waals surface area contributed by atoms with Crippen molar-refractivity contribution < 1.29 is 13.9 Å². The lowest BCUT2D eigenvalue weighted by molar-refractivity contribution is 0.475. The predicted molar refractivity (Wildman–Crippen MR) is 71.6 cm³/mol. The SMILES string of the molecule is O=c1cc(-c2ccc(O)cc2)[nH]c2ccc(F)c(F)c12. The fraction of sp³-hybridized carbons (Fsp3) is 0. The first-order valence-corrected chi connectivity index (χ1v) is 5.87. The Morgan fingerprint density at radius 3 is 2.40 bits per heavy atom. The summed E-state index contributed by atoms with van der Waals surface area (Å²) >= 11 is 0. The smallest absolute Gasteiger partial charge is 0.193 e. The van der Waals surface area contributed by atoms with Crippen LogP contribution in [0.25, 0.3) is 22.2 Å². The largest absolute Gasteiger partial charge is 0.508 e. The first-order chi connectivity index (χ1) is 9.56. The monoisotopic (exact) mass is 273 g/mol. The van der Waals surface area contributed by atoms with Crippen LogP contribution < -0.4 is 5.43 Å². The highest BCUT2D eigenvalue weighted by Crippen LogP contribution is 2.22. The van der Waals surface area contributed by atoms with Crippen LogP contribution in [0.1, 0.15) is 0 Å². The Morgan fingerprint density at radius 2 is 1.70 bits per heavy atom. The third-order valence-electron chi connectivity index (χ3n) is 3.06. The Morgan fingerprint density at radius 1 is 1.00 bits per heavy atom. The third kappa shape index (κ3) is 1.93. The first-order valence-electron chi connectivity index (χ1n) is 5.87. The molecule has 0 atom stereocenters. The molecule has 0 unspecified atom stereocenters. The summed E-state index contributed by atoms with van der Waals surface area (Å²) in [7, 11) is 0. The van der Waals surface area contributed by atoms with Gasteiger partial charge in [0.25, 0.3) is 0 Å². The van der Waals surface area contributed by atoms with E-state index < -0.39 is 17.1 Å². The average molecular weight is 273 g/mol. The number of pyridine rings is 1. The van der Waals surface area contributed by atoms with Crippen LogP contribution in [-0.4, -0.2) is 10.1 Å². The van der Waals surface area contributed by atoms with E-state index in [-0.39, 0.29) is 16.7 Å². The van der Waals surface area contributed by atoms with Crippen LogP contribution in [0.3, 0.4) is 0 Å². The molecule has 2 N–H and O–H groups in total. The lowest BCUT2D eigenvalue weighted by atomic mass is 10.1. The van der Waals surface area contributed by atoms with Crippen molar-refractivity contribution in [1.29, 1.82) is 0 Å². The van der Waals surface area contributed by atoms with E-state index in [1.807, 2.05) is 0 Å². The number of nitrogens with one attached hydrogen (secondary N) is 1. The molecule has 3 nitrogen and oxygen atoms in total. The van der Waals surface area contributed by atoms with Gasteiger partial charge in [-0.3, -0.25) is 4.79 Å². The number of phenolic OH excluding ortho intramolecular Hbond substituents is 1. The van der Waals surface area contributed by atoms with Gasteiger partial charge in [0, 0.05) is 11.8 Å². The molecular weight excluding hydrogens is 264 g/mol. The number of hydrogen-bond acceptors (Lipinski definition) is 2. The number of fused-ring (bicyclic) bond motifs is 1. The zero-order valence-electron chi connectivity index (χ0n) is 10.2. The maximum absolute atomic E-state index is 13.6. The van der Waals surface area contributed by atoms with Gasteiger partial charge in [0.1, 0.15) is 5.75 Å². The molecule has 0 amide bonds. The maximum atomic E-state index is 13.6. The molecule has 5 heteroatoms. The molecule has 2 aromatic carbocycles. The van der Waals surface area contributed by atoms with Crippen molar-refractivity contribution in [2.75, 3.05) is 0 Å². The molecule has 20 heavy (non-hydrogen) atoms. The number of hydrogen-bond donors (Lipinski definition) is 2. The Balaban J connectivity index is 2.28. The second-order valence-corrected chi connectivity index (χ2v) is 4.38. The zero-order chi connectivity index (χ0) is 14.3. The number of aromatic hydroxyl groups is 1. The summed E-state index contributed by atoms with van der Waals surface area (Å²) in [6, 6.07) is 9.68. The second kappa shape index (κ2) is 4.45. The molecule has 0 spiro atoms. The third-order valence-corrected chi connectivity index (χ3v) is 3.06. The van der Waals surface area contributed by atoms with Crippen LogP contribution >= 0.6 is 0 Å². The summed E-state index contributed by atoms with van der Waals surface area (Å²) in [5.74, 6) is -2.11. The number of phenols is 1. The van der Waals surface area contributed by atoms with Crippen molar-refractivity contribution in [2.24, 2.45) is 0 Å². The van der Waals surface area contributed by atoms with Gasteiger partial charge in [-0.15, -0.1) is 0 Å². The van der Waals surface area contributed by atoms with E-state index in [4.69, 9.17) is 0 Å². The van der Waals surface area contributed by atoms with E-state index in [2.05, 4.69) is 4.98 Å². The molecule has 0 bridgehead atoms. The normalized spacial score (nSPS) is 10.9. The van der Waals surface area contributed by atoms with Crippen LogP contribution in [0.2, 0.25) is 0 Å². The molecule has 1 aromatic heterocycles. The van der Waals surface area contributed by atoms with Gasteiger partial charge in [-0.1, -0.05) is 0 Å². The number of rotatable bonds is 1. The first kappa shape index (κ1) is 12.3. The van der Waals surface area contributed by atoms with E-state index in [0.29, 0.717) is 11.3 Å². The average Bonchev–Trinajstić information content (AvgIpc) is 2.43. The lowest BCUT2D eigenvalue weighted by Crippen LogP contribution is -2.06. The molecule has 3 aromatic rings. The van der Waals surface area contributed by atoms with Crippen LogP contribution in [0.15, 0.2) is 47.3 Å². The van der Waals surface area contributed by atoms with Crippen molar-refractivity contribution in [3.05, 3.63) is 64.3 Å². The van der Waals surface area contributed by atoms with E-state index >= 15 is 0 Å². The van der Waals surface area contributed by atoms with Crippen LogP contribution in [-0.2, 0) is 0 Å². The molecule has 1 heterocycles. The molecule has 0 radical (unpaired) electrons. The Kier molecular flexibility index (Phi) is 2.75. The van der Waals surface area contributed by atoms with Gasteiger partial charge in [-0.05, 0) is 42.0 Å². The van der Waals surface area contributed by atoms with E-state index in [0.717, 1.165) is 6.07 Å². The Bertz CT molecular complexity index is 854. The van der Waals surface area contributed by atoms with Crippen LogP contribution in [0.5, 0.6) is 5.75 Å². The highest BCUT2D eigenvalue weighted by Gasteiger charge is 2.12. The molecule has 0 aliphatic rings. The van der Waals surface area contributed by atoms with Gasteiger partial charge < -0.3 is 10.1 Å². The summed E-state index contributed by atoms with van der Waals surface area (Å²) in [6.45, 7) is 0. The molecule has 100 valence electrons. The van der Waals surface area contributed by atoms with Gasteiger partial charge in [0.2, 0.25) is 0 Å². The molecular formula is C15H9F2NO2. The second-order valence-electron chi connectivity index (χ2n) is 4.38. The van der Waals surface area contributed by atoms with Crippen LogP contribution in [0.4, 0.5) is 8.78 Å². The van der Waals surface area contributed by atoms with Gasteiger partial charge >= 0.3 is 0 Å². The van der Waals surface area contributed by atoms with E-state index in [1.165, 1.54) is 24.3 Å². The minimum Gasteiger partial charge on any atom is -0.508 e. The Labute approximate surface area is 112 Å². The van der Waals surface area contributed by atoms with Gasteiger partial charge in [-0.25, -0.2) is 8.78 Å². The predicted octanol–water partition coefficient (Wildman–Crippen LogP) is 3.18. The van der Waals surface area contributed by atoms with Crippen molar-refractivity contribution in [3.8, 4) is 17.0 Å². The minimum atomic E-state index is -1.15. The van der Waals surface area contributed by atoms with Crippen LogP contribution in [0, 0.1) is 11.6 Å². The number of aromatic amines is 1. The summed E-state index contributed by atoms with van der Waals surface area (Å²) in [4.78, 5) is 14.8. The summed E-state index contributed by atoms with van der Waals surface area (Å²) < 4.78 is 26.8. The molecule has 0 fully saturated rings.